The van der Waals surface area contributed by atoms with Crippen molar-refractivity contribution in [2.45, 2.75) is 6.42 Å². The molecule has 26 heavy (non-hydrogen) atoms. The molecular weight excluding hydrogens is 360 g/mol. The number of carbonyl (C=O) groups is 2. The third-order valence-electron chi connectivity index (χ3n) is 3.78. The second-order valence-electron chi connectivity index (χ2n) is 5.54. The van der Waals surface area contributed by atoms with Crippen LogP contribution in [0, 0.1) is 0 Å². The number of hydrogen-bond donors (Lipinski definition) is 0. The summed E-state index contributed by atoms with van der Waals surface area (Å²) in [4.78, 5) is 24.6. The minimum Gasteiger partial charge on any atom is -0.496 e. The molecule has 136 valence electrons. The van der Waals surface area contributed by atoms with Crippen LogP contribution in [-0.4, -0.2) is 38.7 Å². The van der Waals surface area contributed by atoms with Gasteiger partial charge >= 0.3 is 5.97 Å². The Hall–Kier alpha value is -2.73. The van der Waals surface area contributed by atoms with Crippen molar-refractivity contribution in [1.29, 1.82) is 0 Å². The van der Waals surface area contributed by atoms with Crippen LogP contribution in [0.15, 0.2) is 36.4 Å². The lowest BCUT2D eigenvalue weighted by Gasteiger charge is -2.11. The smallest absolute Gasteiger partial charge is 0.338 e. The van der Waals surface area contributed by atoms with E-state index in [9.17, 15) is 9.59 Å². The number of Topliss-reactive ketones (excluding diaryl/α,β-unsaturated/α-hetero) is 1. The molecule has 1 heterocycles. The molecule has 0 saturated heterocycles. The molecule has 0 aliphatic carbocycles. The van der Waals surface area contributed by atoms with Crippen molar-refractivity contribution in [2.75, 3.05) is 26.9 Å². The predicted octanol–water partition coefficient (Wildman–Crippen LogP) is 3.55. The van der Waals surface area contributed by atoms with Crippen LogP contribution in [0.4, 0.5) is 0 Å². The zero-order chi connectivity index (χ0) is 18.5. The summed E-state index contributed by atoms with van der Waals surface area (Å²) in [7, 11) is 1.47. The van der Waals surface area contributed by atoms with Crippen LogP contribution >= 0.6 is 11.6 Å². The molecule has 6 nitrogen and oxygen atoms in total. The number of rotatable bonds is 5. The molecule has 0 radical (unpaired) electrons. The summed E-state index contributed by atoms with van der Waals surface area (Å²) in [6.07, 6.45) is 0.720. The maximum Gasteiger partial charge on any atom is 0.338 e. The van der Waals surface area contributed by atoms with Crippen LogP contribution in [-0.2, 0) is 4.74 Å². The fourth-order valence-electron chi connectivity index (χ4n) is 2.52. The maximum atomic E-state index is 12.3. The Bertz CT molecular complexity index is 833. The zero-order valence-corrected chi connectivity index (χ0v) is 14.9. The minimum atomic E-state index is -0.675. The lowest BCUT2D eigenvalue weighted by atomic mass is 10.1. The van der Waals surface area contributed by atoms with Gasteiger partial charge in [-0.05, 0) is 24.3 Å². The van der Waals surface area contributed by atoms with Crippen LogP contribution in [0.3, 0.4) is 0 Å². The lowest BCUT2D eigenvalue weighted by Crippen LogP contribution is -2.15. The van der Waals surface area contributed by atoms with E-state index in [1.165, 1.54) is 19.2 Å². The molecule has 0 fully saturated rings. The number of esters is 1. The molecule has 0 bridgehead atoms. The number of fused-ring (bicyclic) bond motifs is 1. The first-order chi connectivity index (χ1) is 12.6. The van der Waals surface area contributed by atoms with Gasteiger partial charge in [-0.15, -0.1) is 0 Å². The highest BCUT2D eigenvalue weighted by Gasteiger charge is 2.20. The quantitative estimate of drug-likeness (QED) is 0.587. The number of para-hydroxylation sites is 1. The van der Waals surface area contributed by atoms with Crippen LogP contribution in [0.2, 0.25) is 5.02 Å². The van der Waals surface area contributed by atoms with Crippen molar-refractivity contribution in [3.05, 3.63) is 52.5 Å². The van der Waals surface area contributed by atoms with Gasteiger partial charge in [-0.25, -0.2) is 4.79 Å². The van der Waals surface area contributed by atoms with Gasteiger partial charge in [0.15, 0.2) is 18.1 Å². The molecule has 2 aromatic carbocycles. The number of carbonyl (C=O) groups excluding carboxylic acids is 2. The topological polar surface area (TPSA) is 71.1 Å². The van der Waals surface area contributed by atoms with Gasteiger partial charge in [0, 0.05) is 6.42 Å². The number of benzene rings is 2. The summed E-state index contributed by atoms with van der Waals surface area (Å²) in [6, 6.07) is 9.67. The number of halogens is 1. The summed E-state index contributed by atoms with van der Waals surface area (Å²) in [5.41, 5.74) is 0.534. The van der Waals surface area contributed by atoms with Gasteiger partial charge in [-0.2, -0.15) is 0 Å². The maximum absolute atomic E-state index is 12.3. The Morgan fingerprint density at radius 2 is 1.92 bits per heavy atom. The number of ketones is 1. The van der Waals surface area contributed by atoms with E-state index in [2.05, 4.69) is 0 Å². The van der Waals surface area contributed by atoms with E-state index >= 15 is 0 Å². The number of ether oxygens (including phenoxy) is 4. The second-order valence-corrected chi connectivity index (χ2v) is 5.94. The van der Waals surface area contributed by atoms with Crippen molar-refractivity contribution >= 4 is 23.4 Å². The standard InChI is InChI=1S/C19H17ClO6/c1-23-16-6-3-2-5-13(16)15(21)11-26-19(22)12-9-14(20)18-17(10-12)24-7-4-8-25-18/h2-3,5-6,9-10H,4,7-8,11H2,1H3. The average molecular weight is 377 g/mol. The van der Waals surface area contributed by atoms with Crippen LogP contribution in [0.1, 0.15) is 27.1 Å². The Morgan fingerprint density at radius 1 is 1.15 bits per heavy atom. The highest BCUT2D eigenvalue weighted by molar-refractivity contribution is 6.32. The number of hydrogen-bond acceptors (Lipinski definition) is 6. The van der Waals surface area contributed by atoms with Crippen molar-refractivity contribution < 1.29 is 28.5 Å². The van der Waals surface area contributed by atoms with Crippen LogP contribution in [0.5, 0.6) is 17.2 Å². The first-order valence-electron chi connectivity index (χ1n) is 8.02. The molecule has 0 aromatic heterocycles. The Labute approximate surface area is 155 Å². The molecule has 0 atom stereocenters. The molecule has 0 unspecified atom stereocenters. The SMILES string of the molecule is COc1ccccc1C(=O)COC(=O)c1cc(Cl)c2c(c1)OCCCO2. The van der Waals surface area contributed by atoms with Gasteiger partial charge < -0.3 is 18.9 Å². The van der Waals surface area contributed by atoms with E-state index in [1.807, 2.05) is 0 Å². The molecule has 0 amide bonds. The highest BCUT2D eigenvalue weighted by atomic mass is 35.5. The summed E-state index contributed by atoms with van der Waals surface area (Å²) < 4.78 is 21.3. The Morgan fingerprint density at radius 3 is 2.73 bits per heavy atom. The monoisotopic (exact) mass is 376 g/mol. The molecule has 2 aromatic rings. The van der Waals surface area contributed by atoms with E-state index in [4.69, 9.17) is 30.5 Å². The van der Waals surface area contributed by atoms with E-state index < -0.39 is 12.6 Å². The van der Waals surface area contributed by atoms with Gasteiger partial charge in [0.25, 0.3) is 0 Å². The summed E-state index contributed by atoms with van der Waals surface area (Å²) in [6.45, 7) is 0.545. The third kappa shape index (κ3) is 3.91. The van der Waals surface area contributed by atoms with Crippen molar-refractivity contribution in [3.8, 4) is 17.2 Å². The molecule has 1 aliphatic heterocycles. The Kier molecular flexibility index (Phi) is 5.63. The molecule has 7 heteroatoms. The molecule has 0 saturated carbocycles. The van der Waals surface area contributed by atoms with Gasteiger partial charge in [0.05, 0.1) is 36.5 Å². The van der Waals surface area contributed by atoms with Crippen molar-refractivity contribution in [2.24, 2.45) is 0 Å². The predicted molar refractivity (Wildman–Crippen MR) is 94.7 cm³/mol. The summed E-state index contributed by atoms with van der Waals surface area (Å²) in [5.74, 6) is 0.179. The van der Waals surface area contributed by atoms with E-state index in [0.717, 1.165) is 6.42 Å². The van der Waals surface area contributed by atoms with E-state index in [-0.39, 0.29) is 16.4 Å². The molecule has 0 spiro atoms. The van der Waals surface area contributed by atoms with Gasteiger partial charge in [0.1, 0.15) is 5.75 Å². The summed E-state index contributed by atoms with van der Waals surface area (Å²) in [5, 5.41) is 0.257. The molecule has 0 N–H and O–H groups in total. The largest absolute Gasteiger partial charge is 0.496 e. The summed E-state index contributed by atoms with van der Waals surface area (Å²) >= 11 is 6.17. The molecule has 1 aliphatic rings. The van der Waals surface area contributed by atoms with Crippen LogP contribution < -0.4 is 14.2 Å². The lowest BCUT2D eigenvalue weighted by molar-refractivity contribution is 0.0473. The molecule has 3 rings (SSSR count). The zero-order valence-electron chi connectivity index (χ0n) is 14.1. The van der Waals surface area contributed by atoms with Crippen LogP contribution in [0.25, 0.3) is 0 Å². The van der Waals surface area contributed by atoms with E-state index in [1.54, 1.807) is 24.3 Å². The first-order valence-corrected chi connectivity index (χ1v) is 8.40. The molecular formula is C19H17ClO6. The first kappa shape index (κ1) is 18.1. The third-order valence-corrected chi connectivity index (χ3v) is 4.06. The van der Waals surface area contributed by atoms with Crippen molar-refractivity contribution in [1.82, 2.24) is 0 Å². The number of methoxy groups -OCH3 is 1. The fraction of sp³-hybridized carbons (Fsp3) is 0.263. The van der Waals surface area contributed by atoms with Crippen molar-refractivity contribution in [3.63, 3.8) is 0 Å². The van der Waals surface area contributed by atoms with Gasteiger partial charge in [-0.1, -0.05) is 23.7 Å². The second kappa shape index (κ2) is 8.10. The average Bonchev–Trinajstić information content (AvgIpc) is 2.91. The minimum absolute atomic E-state index is 0.187. The normalized spacial score (nSPS) is 12.8. The Balaban J connectivity index is 1.71. The van der Waals surface area contributed by atoms with Gasteiger partial charge in [0.2, 0.25) is 5.78 Å². The fourth-order valence-corrected chi connectivity index (χ4v) is 2.78. The highest BCUT2D eigenvalue weighted by Crippen LogP contribution is 2.38. The van der Waals surface area contributed by atoms with Gasteiger partial charge in [-0.3, -0.25) is 4.79 Å². The van der Waals surface area contributed by atoms with E-state index in [0.29, 0.717) is 36.0 Å².